The average molecular weight is 392 g/mol. The summed E-state index contributed by atoms with van der Waals surface area (Å²) in [5.41, 5.74) is 1.88. The molecule has 0 saturated carbocycles. The lowest BCUT2D eigenvalue weighted by Crippen LogP contribution is -2.09. The molecule has 0 radical (unpaired) electrons. The van der Waals surface area contributed by atoms with Gasteiger partial charge in [0, 0.05) is 11.9 Å². The van der Waals surface area contributed by atoms with Gasteiger partial charge in [-0.25, -0.2) is 9.78 Å². The summed E-state index contributed by atoms with van der Waals surface area (Å²) in [6.45, 7) is 6.06. The molecule has 0 aliphatic rings. The highest BCUT2D eigenvalue weighted by Crippen LogP contribution is 2.22. The first kappa shape index (κ1) is 20.1. The number of hydrogen-bond acceptors (Lipinski definition) is 7. The van der Waals surface area contributed by atoms with Crippen LogP contribution in [0.4, 0.5) is 23.1 Å². The normalized spacial score (nSPS) is 10.5. The predicted octanol–water partition coefficient (Wildman–Crippen LogP) is 4.93. The maximum Gasteiger partial charge on any atom is 0.340 e. The van der Waals surface area contributed by atoms with E-state index in [2.05, 4.69) is 20.6 Å². The smallest absolute Gasteiger partial charge is 0.340 e. The van der Waals surface area contributed by atoms with E-state index >= 15 is 0 Å². The Labute approximate surface area is 170 Å². The summed E-state index contributed by atoms with van der Waals surface area (Å²) in [4.78, 5) is 20.8. The molecular weight excluding hydrogens is 368 g/mol. The van der Waals surface area contributed by atoms with Gasteiger partial charge in [-0.1, -0.05) is 12.1 Å². The van der Waals surface area contributed by atoms with E-state index in [-0.39, 0.29) is 6.10 Å². The first-order valence-electron chi connectivity index (χ1n) is 9.45. The van der Waals surface area contributed by atoms with Crippen LogP contribution in [-0.2, 0) is 4.74 Å². The van der Waals surface area contributed by atoms with Gasteiger partial charge >= 0.3 is 5.97 Å². The summed E-state index contributed by atoms with van der Waals surface area (Å²) in [7, 11) is 0. The van der Waals surface area contributed by atoms with Crippen molar-refractivity contribution in [3.05, 3.63) is 66.4 Å². The molecule has 0 atom stereocenters. The van der Waals surface area contributed by atoms with Gasteiger partial charge in [0.2, 0.25) is 5.95 Å². The van der Waals surface area contributed by atoms with Crippen molar-refractivity contribution >= 4 is 29.1 Å². The summed E-state index contributed by atoms with van der Waals surface area (Å²) in [6, 6.07) is 16.5. The van der Waals surface area contributed by atoms with Crippen LogP contribution in [-0.4, -0.2) is 28.6 Å². The van der Waals surface area contributed by atoms with Gasteiger partial charge in [0.25, 0.3) is 0 Å². The molecule has 7 nitrogen and oxygen atoms in total. The zero-order valence-electron chi connectivity index (χ0n) is 16.7. The van der Waals surface area contributed by atoms with Crippen LogP contribution in [0.15, 0.2) is 60.8 Å². The van der Waals surface area contributed by atoms with Crippen LogP contribution in [0.25, 0.3) is 0 Å². The number of nitrogens with one attached hydrogen (secondary N) is 2. The van der Waals surface area contributed by atoms with E-state index in [9.17, 15) is 4.79 Å². The molecule has 0 saturated heterocycles. The van der Waals surface area contributed by atoms with Gasteiger partial charge in [0.15, 0.2) is 0 Å². The number of benzene rings is 2. The van der Waals surface area contributed by atoms with Crippen LogP contribution in [0, 0.1) is 0 Å². The lowest BCUT2D eigenvalue weighted by molar-refractivity contribution is 0.0527. The fourth-order valence-corrected chi connectivity index (χ4v) is 2.62. The van der Waals surface area contributed by atoms with Crippen molar-refractivity contribution in [3.63, 3.8) is 0 Å². The van der Waals surface area contributed by atoms with E-state index in [4.69, 9.17) is 9.47 Å². The van der Waals surface area contributed by atoms with Crippen LogP contribution >= 0.6 is 0 Å². The van der Waals surface area contributed by atoms with Gasteiger partial charge in [-0.15, -0.1) is 0 Å². The lowest BCUT2D eigenvalue weighted by atomic mass is 10.2. The van der Waals surface area contributed by atoms with E-state index in [1.165, 1.54) is 0 Å². The molecule has 0 amide bonds. The number of hydrogen-bond donors (Lipinski definition) is 2. The predicted molar refractivity (Wildman–Crippen MR) is 113 cm³/mol. The second-order valence-electron chi connectivity index (χ2n) is 6.47. The first-order valence-corrected chi connectivity index (χ1v) is 9.45. The van der Waals surface area contributed by atoms with Crippen LogP contribution in [0.5, 0.6) is 5.75 Å². The number of anilines is 4. The molecule has 3 rings (SSSR count). The van der Waals surface area contributed by atoms with E-state index in [0.717, 1.165) is 11.4 Å². The molecular formula is C22H24N4O3. The fourth-order valence-electron chi connectivity index (χ4n) is 2.62. The molecule has 0 bridgehead atoms. The van der Waals surface area contributed by atoms with Crippen molar-refractivity contribution in [2.75, 3.05) is 17.2 Å². The topological polar surface area (TPSA) is 85.4 Å². The van der Waals surface area contributed by atoms with Crippen molar-refractivity contribution in [2.45, 2.75) is 26.9 Å². The zero-order chi connectivity index (χ0) is 20.6. The van der Waals surface area contributed by atoms with Crippen molar-refractivity contribution in [1.29, 1.82) is 0 Å². The van der Waals surface area contributed by atoms with Gasteiger partial charge in [-0.3, -0.25) is 0 Å². The monoisotopic (exact) mass is 392 g/mol. The van der Waals surface area contributed by atoms with Crippen LogP contribution in [0.1, 0.15) is 31.1 Å². The summed E-state index contributed by atoms with van der Waals surface area (Å²) in [5.74, 6) is 1.40. The Morgan fingerprint density at radius 3 is 2.52 bits per heavy atom. The summed E-state index contributed by atoms with van der Waals surface area (Å²) >= 11 is 0. The number of ether oxygens (including phenoxy) is 2. The molecule has 1 aromatic heterocycles. The number of nitrogens with zero attached hydrogens (tertiary/aromatic N) is 2. The minimum atomic E-state index is -0.395. The van der Waals surface area contributed by atoms with E-state index in [1.807, 2.05) is 44.2 Å². The first-order chi connectivity index (χ1) is 14.0. The molecule has 0 unspecified atom stereocenters. The highest BCUT2D eigenvalue weighted by Gasteiger charge is 2.13. The number of rotatable bonds is 8. The Morgan fingerprint density at radius 1 is 1.03 bits per heavy atom. The fraction of sp³-hybridized carbons (Fsp3) is 0.227. The summed E-state index contributed by atoms with van der Waals surface area (Å²) < 4.78 is 10.8. The third-order valence-electron chi connectivity index (χ3n) is 3.82. The number of carbonyl (C=O) groups is 1. The largest absolute Gasteiger partial charge is 0.491 e. The van der Waals surface area contributed by atoms with Crippen LogP contribution in [0.3, 0.4) is 0 Å². The Balaban J connectivity index is 1.73. The third kappa shape index (κ3) is 5.68. The van der Waals surface area contributed by atoms with Gasteiger partial charge in [0.05, 0.1) is 24.0 Å². The SMILES string of the molecule is CCOC(=O)c1ccccc1Nc1nccc(Nc2ccc(OC(C)C)cc2)n1. The molecule has 0 aliphatic heterocycles. The summed E-state index contributed by atoms with van der Waals surface area (Å²) in [5, 5.41) is 6.32. The zero-order valence-corrected chi connectivity index (χ0v) is 16.7. The highest BCUT2D eigenvalue weighted by molar-refractivity contribution is 5.96. The molecule has 2 N–H and O–H groups in total. The minimum Gasteiger partial charge on any atom is -0.491 e. The Bertz CT molecular complexity index is 958. The minimum absolute atomic E-state index is 0.127. The van der Waals surface area contributed by atoms with Gasteiger partial charge in [0.1, 0.15) is 11.6 Å². The van der Waals surface area contributed by atoms with Crippen molar-refractivity contribution in [1.82, 2.24) is 9.97 Å². The molecule has 1 heterocycles. The molecule has 7 heteroatoms. The second-order valence-corrected chi connectivity index (χ2v) is 6.47. The molecule has 3 aromatic rings. The Hall–Kier alpha value is -3.61. The Morgan fingerprint density at radius 2 is 1.79 bits per heavy atom. The number of aromatic nitrogens is 2. The number of para-hydroxylation sites is 1. The molecule has 2 aromatic carbocycles. The summed E-state index contributed by atoms with van der Waals surface area (Å²) in [6.07, 6.45) is 1.77. The quantitative estimate of drug-likeness (QED) is 0.526. The molecule has 0 fully saturated rings. The van der Waals surface area contributed by atoms with E-state index < -0.39 is 5.97 Å². The molecule has 0 aliphatic carbocycles. The Kier molecular flexibility index (Phi) is 6.63. The highest BCUT2D eigenvalue weighted by atomic mass is 16.5. The van der Waals surface area contributed by atoms with Gasteiger partial charge in [-0.05, 0) is 63.2 Å². The van der Waals surface area contributed by atoms with E-state index in [1.54, 1.807) is 37.4 Å². The molecule has 29 heavy (non-hydrogen) atoms. The van der Waals surface area contributed by atoms with Gasteiger partial charge in [-0.2, -0.15) is 4.98 Å². The standard InChI is InChI=1S/C22H24N4O3/c1-4-28-21(27)18-7-5-6-8-19(18)25-22-23-14-13-20(26-22)24-16-9-11-17(12-10-16)29-15(2)3/h5-15H,4H2,1-3H3,(H2,23,24,25,26). The lowest BCUT2D eigenvalue weighted by Gasteiger charge is -2.12. The van der Waals surface area contributed by atoms with Crippen LogP contribution < -0.4 is 15.4 Å². The van der Waals surface area contributed by atoms with Crippen molar-refractivity contribution < 1.29 is 14.3 Å². The maximum absolute atomic E-state index is 12.1. The molecule has 150 valence electrons. The second kappa shape index (κ2) is 9.54. The maximum atomic E-state index is 12.1. The van der Waals surface area contributed by atoms with Crippen LogP contribution in [0.2, 0.25) is 0 Å². The molecule has 0 spiro atoms. The number of carbonyl (C=O) groups excluding carboxylic acids is 1. The third-order valence-corrected chi connectivity index (χ3v) is 3.82. The average Bonchev–Trinajstić information content (AvgIpc) is 2.70. The van der Waals surface area contributed by atoms with E-state index in [0.29, 0.717) is 29.6 Å². The van der Waals surface area contributed by atoms with Crippen molar-refractivity contribution in [3.8, 4) is 5.75 Å². The van der Waals surface area contributed by atoms with Gasteiger partial charge < -0.3 is 20.1 Å². The number of esters is 1. The van der Waals surface area contributed by atoms with Crippen molar-refractivity contribution in [2.24, 2.45) is 0 Å².